The molecule has 2 aromatic carbocycles. The van der Waals surface area contributed by atoms with Crippen LogP contribution in [0, 0.1) is 6.92 Å². The van der Waals surface area contributed by atoms with Crippen LogP contribution in [0.3, 0.4) is 0 Å². The smallest absolute Gasteiger partial charge is 0.243 e. The van der Waals surface area contributed by atoms with Crippen molar-refractivity contribution in [1.82, 2.24) is 9.21 Å². The number of aryl methyl sites for hydroxylation is 1. The Balaban J connectivity index is 1.58. The molecule has 37 heavy (non-hydrogen) atoms. The van der Waals surface area contributed by atoms with E-state index in [1.54, 1.807) is 28.4 Å². The summed E-state index contributed by atoms with van der Waals surface area (Å²) in [6.07, 6.45) is 1.33. The predicted octanol–water partition coefficient (Wildman–Crippen LogP) is 5.06. The molecule has 2 unspecified atom stereocenters. The first kappa shape index (κ1) is 27.2. The summed E-state index contributed by atoms with van der Waals surface area (Å²) in [5.74, 6) is 1.08. The Kier molecular flexibility index (Phi) is 8.56. The summed E-state index contributed by atoms with van der Waals surface area (Å²) in [4.78, 5) is 16.9. The monoisotopic (exact) mass is 542 g/mol. The molecule has 0 saturated heterocycles. The zero-order chi connectivity index (χ0) is 26.6. The van der Waals surface area contributed by atoms with E-state index >= 15 is 0 Å². The molecule has 0 bridgehead atoms. The number of hydrogen-bond donors (Lipinski definition) is 0. The van der Waals surface area contributed by atoms with Crippen LogP contribution in [0.4, 0.5) is 0 Å². The lowest BCUT2D eigenvalue weighted by molar-refractivity contribution is -0.135. The predicted molar refractivity (Wildman–Crippen MR) is 146 cm³/mol. The lowest BCUT2D eigenvalue weighted by Gasteiger charge is -2.37. The standard InChI is InChI=1S/C28H34N2O5S2/c1-5-21(3)30(37(32,33)24-12-10-22(34-4)11-13-24)18-28(31)29-16-14-27-25(15-17-36-27)26(29)19-35-23-8-6-20(2)7-9-23/h6-13,15,17,21,26H,5,14,16,18-19H2,1-4H3. The number of thiophene rings is 1. The van der Waals surface area contributed by atoms with Crippen LogP contribution in [-0.2, 0) is 21.2 Å². The largest absolute Gasteiger partial charge is 0.497 e. The van der Waals surface area contributed by atoms with Gasteiger partial charge in [0, 0.05) is 17.5 Å². The average molecular weight is 543 g/mol. The van der Waals surface area contributed by atoms with E-state index < -0.39 is 10.0 Å². The Morgan fingerprint density at radius 1 is 1.11 bits per heavy atom. The van der Waals surface area contributed by atoms with Crippen LogP contribution in [0.5, 0.6) is 11.5 Å². The van der Waals surface area contributed by atoms with Gasteiger partial charge in [0.15, 0.2) is 0 Å². The molecule has 7 nitrogen and oxygen atoms in total. The molecule has 9 heteroatoms. The van der Waals surface area contributed by atoms with E-state index in [1.807, 2.05) is 56.5 Å². The van der Waals surface area contributed by atoms with Crippen molar-refractivity contribution in [1.29, 1.82) is 0 Å². The molecule has 1 aromatic heterocycles. The second-order valence-corrected chi connectivity index (χ2v) is 12.2. The fourth-order valence-corrected chi connectivity index (χ4v) is 7.06. The fraction of sp³-hybridized carbons (Fsp3) is 0.393. The Bertz CT molecular complexity index is 1300. The molecule has 4 rings (SSSR count). The third-order valence-corrected chi connectivity index (χ3v) is 9.85. The van der Waals surface area contributed by atoms with Crippen LogP contribution in [0.25, 0.3) is 0 Å². The Labute approximate surface area is 223 Å². The van der Waals surface area contributed by atoms with Crippen LogP contribution in [-0.4, -0.2) is 56.4 Å². The van der Waals surface area contributed by atoms with Crippen molar-refractivity contribution in [2.24, 2.45) is 0 Å². The Hall–Kier alpha value is -2.88. The van der Waals surface area contributed by atoms with E-state index in [0.29, 0.717) is 25.3 Å². The lowest BCUT2D eigenvalue weighted by atomic mass is 10.0. The van der Waals surface area contributed by atoms with Crippen molar-refractivity contribution in [2.45, 2.75) is 50.6 Å². The van der Waals surface area contributed by atoms with E-state index in [2.05, 4.69) is 0 Å². The van der Waals surface area contributed by atoms with E-state index in [0.717, 1.165) is 23.3 Å². The average Bonchev–Trinajstić information content (AvgIpc) is 3.40. The normalized spacial score (nSPS) is 16.4. The minimum absolute atomic E-state index is 0.138. The number of sulfonamides is 1. The minimum atomic E-state index is -3.90. The van der Waals surface area contributed by atoms with Gasteiger partial charge in [-0.1, -0.05) is 24.6 Å². The third kappa shape index (κ3) is 6.00. The van der Waals surface area contributed by atoms with Gasteiger partial charge in [-0.05, 0) is 80.1 Å². The second-order valence-electron chi connectivity index (χ2n) is 9.26. The maximum Gasteiger partial charge on any atom is 0.243 e. The van der Waals surface area contributed by atoms with Gasteiger partial charge in [-0.15, -0.1) is 11.3 Å². The maximum atomic E-state index is 13.8. The number of nitrogens with zero attached hydrogens (tertiary/aromatic N) is 2. The number of hydrogen-bond acceptors (Lipinski definition) is 6. The minimum Gasteiger partial charge on any atom is -0.497 e. The highest BCUT2D eigenvalue weighted by Gasteiger charge is 2.36. The first-order chi connectivity index (χ1) is 17.7. The van der Waals surface area contributed by atoms with Gasteiger partial charge in [-0.2, -0.15) is 4.31 Å². The van der Waals surface area contributed by atoms with Gasteiger partial charge < -0.3 is 14.4 Å². The molecule has 0 saturated carbocycles. The first-order valence-electron chi connectivity index (χ1n) is 12.5. The molecule has 1 aliphatic rings. The van der Waals surface area contributed by atoms with Crippen LogP contribution in [0.1, 0.15) is 42.3 Å². The van der Waals surface area contributed by atoms with Gasteiger partial charge in [-0.25, -0.2) is 8.42 Å². The highest BCUT2D eigenvalue weighted by Crippen LogP contribution is 2.34. The molecule has 2 heterocycles. The molecule has 1 amide bonds. The summed E-state index contributed by atoms with van der Waals surface area (Å²) in [5.41, 5.74) is 2.22. The maximum absolute atomic E-state index is 13.8. The number of amides is 1. The number of ether oxygens (including phenoxy) is 2. The molecule has 0 N–H and O–H groups in total. The van der Waals surface area contributed by atoms with Gasteiger partial charge in [-0.3, -0.25) is 4.79 Å². The zero-order valence-electron chi connectivity index (χ0n) is 21.7. The number of methoxy groups -OCH3 is 1. The Morgan fingerprint density at radius 2 is 1.78 bits per heavy atom. The SMILES string of the molecule is CCC(C)N(CC(=O)N1CCc2sccc2C1COc1ccc(C)cc1)S(=O)(=O)c1ccc(OC)cc1. The molecule has 1 aliphatic heterocycles. The third-order valence-electron chi connectivity index (χ3n) is 6.88. The van der Waals surface area contributed by atoms with Crippen molar-refractivity contribution in [2.75, 3.05) is 26.8 Å². The van der Waals surface area contributed by atoms with Crippen molar-refractivity contribution < 1.29 is 22.7 Å². The second kappa shape index (κ2) is 11.7. The van der Waals surface area contributed by atoms with Crippen LogP contribution < -0.4 is 9.47 Å². The number of carbonyl (C=O) groups excluding carboxylic acids is 1. The molecule has 3 aromatic rings. The van der Waals surface area contributed by atoms with E-state index in [4.69, 9.17) is 9.47 Å². The molecule has 2 atom stereocenters. The van der Waals surface area contributed by atoms with Crippen LogP contribution in [0.2, 0.25) is 0 Å². The number of rotatable bonds is 10. The molecule has 0 aliphatic carbocycles. The van der Waals surface area contributed by atoms with Crippen molar-refractivity contribution in [3.05, 3.63) is 76.0 Å². The molecule has 0 fully saturated rings. The molecular weight excluding hydrogens is 508 g/mol. The van der Waals surface area contributed by atoms with Crippen molar-refractivity contribution in [3.63, 3.8) is 0 Å². The molecular formula is C28H34N2O5S2. The van der Waals surface area contributed by atoms with Gasteiger partial charge in [0.2, 0.25) is 15.9 Å². The number of fused-ring (bicyclic) bond motifs is 1. The Morgan fingerprint density at radius 3 is 2.43 bits per heavy atom. The molecule has 0 radical (unpaired) electrons. The summed E-state index contributed by atoms with van der Waals surface area (Å²) < 4.78 is 39.8. The molecule has 198 valence electrons. The summed E-state index contributed by atoms with van der Waals surface area (Å²) in [5, 5.41) is 2.04. The number of benzene rings is 2. The topological polar surface area (TPSA) is 76.2 Å². The van der Waals surface area contributed by atoms with E-state index in [1.165, 1.54) is 28.4 Å². The van der Waals surface area contributed by atoms with Gasteiger partial charge in [0.05, 0.1) is 24.6 Å². The van der Waals surface area contributed by atoms with Crippen LogP contribution >= 0.6 is 11.3 Å². The molecule has 0 spiro atoms. The van der Waals surface area contributed by atoms with Gasteiger partial charge in [0.25, 0.3) is 0 Å². The summed E-state index contributed by atoms with van der Waals surface area (Å²) in [7, 11) is -2.36. The van der Waals surface area contributed by atoms with Gasteiger partial charge >= 0.3 is 0 Å². The van der Waals surface area contributed by atoms with Crippen LogP contribution in [0.15, 0.2) is 64.9 Å². The number of carbonyl (C=O) groups is 1. The summed E-state index contributed by atoms with van der Waals surface area (Å²) in [6, 6.07) is 15.5. The van der Waals surface area contributed by atoms with E-state index in [-0.39, 0.29) is 29.4 Å². The lowest BCUT2D eigenvalue weighted by Crippen LogP contribution is -2.49. The van der Waals surface area contributed by atoms with Crippen molar-refractivity contribution in [3.8, 4) is 11.5 Å². The fourth-order valence-electron chi connectivity index (χ4n) is 4.47. The summed E-state index contributed by atoms with van der Waals surface area (Å²) in [6.45, 7) is 6.36. The van der Waals surface area contributed by atoms with E-state index in [9.17, 15) is 13.2 Å². The highest BCUT2D eigenvalue weighted by molar-refractivity contribution is 7.89. The van der Waals surface area contributed by atoms with Gasteiger partial charge in [0.1, 0.15) is 18.1 Å². The quantitative estimate of drug-likeness (QED) is 0.358. The van der Waals surface area contributed by atoms with Crippen molar-refractivity contribution >= 4 is 27.3 Å². The first-order valence-corrected chi connectivity index (χ1v) is 14.8. The summed E-state index contributed by atoms with van der Waals surface area (Å²) >= 11 is 1.68. The highest BCUT2D eigenvalue weighted by atomic mass is 32.2. The zero-order valence-corrected chi connectivity index (χ0v) is 23.3.